The van der Waals surface area contributed by atoms with Gasteiger partial charge in [-0.15, -0.1) is 0 Å². The fraction of sp³-hybridized carbons (Fsp3) is 0.571. The van der Waals surface area contributed by atoms with Gasteiger partial charge in [0.25, 0.3) is 0 Å². The minimum atomic E-state index is 0.310. The monoisotopic (exact) mass is 219 g/mol. The van der Waals surface area contributed by atoms with E-state index in [-0.39, 0.29) is 0 Å². The highest BCUT2D eigenvalue weighted by Crippen LogP contribution is 2.35. The average molecular weight is 219 g/mol. The van der Waals surface area contributed by atoms with Crippen LogP contribution in [-0.2, 0) is 0 Å². The molecule has 0 radical (unpaired) electrons. The molecule has 1 N–H and O–H groups in total. The minimum Gasteiger partial charge on any atom is -0.490 e. The molecule has 1 aliphatic heterocycles. The van der Waals surface area contributed by atoms with Gasteiger partial charge in [0, 0.05) is 18.0 Å². The fourth-order valence-corrected chi connectivity index (χ4v) is 2.28. The molecular weight excluding hydrogens is 198 g/mol. The van der Waals surface area contributed by atoms with E-state index in [1.165, 1.54) is 17.5 Å². The predicted molar refractivity (Wildman–Crippen MR) is 66.9 cm³/mol. The van der Waals surface area contributed by atoms with Gasteiger partial charge in [-0.2, -0.15) is 0 Å². The Morgan fingerprint density at radius 1 is 1.44 bits per heavy atom. The Morgan fingerprint density at radius 3 is 3.00 bits per heavy atom. The van der Waals surface area contributed by atoms with E-state index in [0.717, 1.165) is 18.7 Å². The maximum absolute atomic E-state index is 5.86. The number of benzene rings is 1. The molecule has 2 nitrogen and oxygen atoms in total. The third-order valence-corrected chi connectivity index (χ3v) is 3.08. The van der Waals surface area contributed by atoms with Gasteiger partial charge >= 0.3 is 0 Å². The van der Waals surface area contributed by atoms with Crippen molar-refractivity contribution in [2.75, 3.05) is 6.54 Å². The Balaban J connectivity index is 2.24. The van der Waals surface area contributed by atoms with Crippen molar-refractivity contribution in [3.63, 3.8) is 0 Å². The van der Waals surface area contributed by atoms with Gasteiger partial charge < -0.3 is 10.1 Å². The summed E-state index contributed by atoms with van der Waals surface area (Å²) in [6.45, 7) is 7.55. The third kappa shape index (κ3) is 2.38. The van der Waals surface area contributed by atoms with Gasteiger partial charge in [0.2, 0.25) is 0 Å². The number of nitrogens with one attached hydrogen (secondary N) is 1. The number of fused-ring (bicyclic) bond motifs is 1. The van der Waals surface area contributed by atoms with E-state index in [2.05, 4.69) is 44.3 Å². The molecule has 0 saturated carbocycles. The summed E-state index contributed by atoms with van der Waals surface area (Å²) in [5, 5.41) is 3.61. The minimum absolute atomic E-state index is 0.310. The number of ether oxygens (including phenoxy) is 1. The van der Waals surface area contributed by atoms with E-state index in [4.69, 9.17) is 4.74 Å². The third-order valence-electron chi connectivity index (χ3n) is 3.08. The van der Waals surface area contributed by atoms with Gasteiger partial charge in [-0.1, -0.05) is 24.6 Å². The fourth-order valence-electron chi connectivity index (χ4n) is 2.28. The largest absolute Gasteiger partial charge is 0.490 e. The molecule has 0 bridgehead atoms. The second-order valence-corrected chi connectivity index (χ2v) is 4.71. The zero-order chi connectivity index (χ0) is 11.5. The molecule has 0 aliphatic carbocycles. The topological polar surface area (TPSA) is 21.3 Å². The van der Waals surface area contributed by atoms with Crippen LogP contribution in [0, 0.1) is 6.92 Å². The lowest BCUT2D eigenvalue weighted by Gasteiger charge is -2.31. The second kappa shape index (κ2) is 4.88. The average Bonchev–Trinajstić information content (AvgIpc) is 2.26. The molecule has 0 amide bonds. The summed E-state index contributed by atoms with van der Waals surface area (Å²) >= 11 is 0. The van der Waals surface area contributed by atoms with Crippen LogP contribution in [0.25, 0.3) is 0 Å². The Labute approximate surface area is 98.0 Å². The standard InChI is InChI=1S/C14H21NO/c1-4-7-15-13-9-11(3)16-14-6-5-10(2)8-12(13)14/h5-6,8,11,13,15H,4,7,9H2,1-3H3. The summed E-state index contributed by atoms with van der Waals surface area (Å²) < 4.78 is 5.86. The Morgan fingerprint density at radius 2 is 2.25 bits per heavy atom. The molecule has 88 valence electrons. The number of aryl methyl sites for hydroxylation is 1. The van der Waals surface area contributed by atoms with Crippen LogP contribution in [0.4, 0.5) is 0 Å². The Hall–Kier alpha value is -1.02. The summed E-state index contributed by atoms with van der Waals surface area (Å²) in [4.78, 5) is 0. The molecule has 0 saturated heterocycles. The van der Waals surface area contributed by atoms with E-state index in [0.29, 0.717) is 12.1 Å². The van der Waals surface area contributed by atoms with Crippen molar-refractivity contribution in [1.82, 2.24) is 5.32 Å². The molecular formula is C14H21NO. The van der Waals surface area contributed by atoms with E-state index < -0.39 is 0 Å². The molecule has 0 aromatic heterocycles. The molecule has 2 heteroatoms. The lowest BCUT2D eigenvalue weighted by molar-refractivity contribution is 0.166. The molecule has 0 fully saturated rings. The zero-order valence-corrected chi connectivity index (χ0v) is 10.4. The first-order valence-electron chi connectivity index (χ1n) is 6.21. The molecule has 2 atom stereocenters. The summed E-state index contributed by atoms with van der Waals surface area (Å²) in [5.74, 6) is 1.05. The van der Waals surface area contributed by atoms with Gasteiger partial charge in [-0.05, 0) is 32.9 Å². The molecule has 1 aromatic carbocycles. The lowest BCUT2D eigenvalue weighted by Crippen LogP contribution is -2.31. The van der Waals surface area contributed by atoms with Crippen LogP contribution in [0.3, 0.4) is 0 Å². The number of rotatable bonds is 3. The SMILES string of the molecule is CCCNC1CC(C)Oc2ccc(C)cc21. The van der Waals surface area contributed by atoms with Crippen LogP contribution in [0.2, 0.25) is 0 Å². The quantitative estimate of drug-likeness (QED) is 0.843. The van der Waals surface area contributed by atoms with E-state index in [9.17, 15) is 0 Å². The summed E-state index contributed by atoms with van der Waals surface area (Å²) in [5.41, 5.74) is 2.63. The van der Waals surface area contributed by atoms with Crippen LogP contribution in [0.15, 0.2) is 18.2 Å². The smallest absolute Gasteiger partial charge is 0.124 e. The predicted octanol–water partition coefficient (Wildman–Crippen LogP) is 3.21. The molecule has 1 heterocycles. The Bertz CT molecular complexity index is 362. The van der Waals surface area contributed by atoms with Gasteiger partial charge in [0.05, 0.1) is 6.10 Å². The second-order valence-electron chi connectivity index (χ2n) is 4.71. The van der Waals surface area contributed by atoms with Crippen molar-refractivity contribution >= 4 is 0 Å². The molecule has 2 unspecified atom stereocenters. The molecule has 2 rings (SSSR count). The highest BCUT2D eigenvalue weighted by Gasteiger charge is 2.25. The Kier molecular flexibility index (Phi) is 3.49. The normalized spacial score (nSPS) is 23.7. The lowest BCUT2D eigenvalue weighted by atomic mass is 9.95. The maximum Gasteiger partial charge on any atom is 0.124 e. The van der Waals surface area contributed by atoms with Crippen molar-refractivity contribution in [3.05, 3.63) is 29.3 Å². The first-order valence-corrected chi connectivity index (χ1v) is 6.21. The van der Waals surface area contributed by atoms with Crippen LogP contribution in [0.1, 0.15) is 43.9 Å². The van der Waals surface area contributed by atoms with Gasteiger partial charge in [-0.25, -0.2) is 0 Å². The van der Waals surface area contributed by atoms with E-state index in [1.54, 1.807) is 0 Å². The van der Waals surface area contributed by atoms with Gasteiger partial charge in [-0.3, -0.25) is 0 Å². The number of hydrogen-bond acceptors (Lipinski definition) is 2. The van der Waals surface area contributed by atoms with Crippen molar-refractivity contribution in [1.29, 1.82) is 0 Å². The van der Waals surface area contributed by atoms with Crippen LogP contribution in [0.5, 0.6) is 5.75 Å². The van der Waals surface area contributed by atoms with Crippen molar-refractivity contribution < 1.29 is 4.74 Å². The van der Waals surface area contributed by atoms with E-state index in [1.807, 2.05) is 0 Å². The van der Waals surface area contributed by atoms with Crippen molar-refractivity contribution in [2.45, 2.75) is 45.8 Å². The maximum atomic E-state index is 5.86. The van der Waals surface area contributed by atoms with Crippen LogP contribution < -0.4 is 10.1 Å². The highest BCUT2D eigenvalue weighted by molar-refractivity contribution is 5.40. The molecule has 1 aliphatic rings. The van der Waals surface area contributed by atoms with E-state index >= 15 is 0 Å². The van der Waals surface area contributed by atoms with Gasteiger partial charge in [0.15, 0.2) is 0 Å². The van der Waals surface area contributed by atoms with Crippen LogP contribution in [-0.4, -0.2) is 12.6 Å². The molecule has 0 spiro atoms. The summed E-state index contributed by atoms with van der Waals surface area (Å²) in [7, 11) is 0. The molecule has 1 aromatic rings. The molecule has 16 heavy (non-hydrogen) atoms. The van der Waals surface area contributed by atoms with Gasteiger partial charge in [0.1, 0.15) is 5.75 Å². The first kappa shape index (κ1) is 11.5. The first-order chi connectivity index (χ1) is 7.70. The van der Waals surface area contributed by atoms with Crippen molar-refractivity contribution in [3.8, 4) is 5.75 Å². The number of hydrogen-bond donors (Lipinski definition) is 1. The highest BCUT2D eigenvalue weighted by atomic mass is 16.5. The summed E-state index contributed by atoms with van der Waals surface area (Å²) in [6.07, 6.45) is 2.55. The summed E-state index contributed by atoms with van der Waals surface area (Å²) in [6, 6.07) is 6.92. The zero-order valence-electron chi connectivity index (χ0n) is 10.4. The van der Waals surface area contributed by atoms with Crippen molar-refractivity contribution in [2.24, 2.45) is 0 Å². The van der Waals surface area contributed by atoms with Crippen LogP contribution >= 0.6 is 0 Å².